The van der Waals surface area contributed by atoms with Crippen molar-refractivity contribution in [1.82, 2.24) is 24.7 Å². The second-order valence-electron chi connectivity index (χ2n) is 5.46. The fourth-order valence-electron chi connectivity index (χ4n) is 2.16. The summed E-state index contributed by atoms with van der Waals surface area (Å²) in [5.41, 5.74) is 0.898. The Bertz CT molecular complexity index is 971. The first kappa shape index (κ1) is 18.7. The molecule has 26 heavy (non-hydrogen) atoms. The standard InChI is InChI=1S/C16H17IN6O2S/c1-12-8-11-23(22-12)16-7-6-15(20-21-16)18-9-10-19-26(24,25)14-4-2-13(17)3-5-14/h2-8,11,19H,9-10H2,1H3,(H,18,20). The normalized spacial score (nSPS) is 11.5. The first-order valence-corrected chi connectivity index (χ1v) is 10.4. The Hall–Kier alpha value is -2.05. The van der Waals surface area contributed by atoms with Crippen molar-refractivity contribution in [2.45, 2.75) is 11.8 Å². The quantitative estimate of drug-likeness (QED) is 0.393. The molecule has 8 nitrogen and oxygen atoms in total. The van der Waals surface area contributed by atoms with Crippen LogP contribution < -0.4 is 10.0 Å². The Morgan fingerprint density at radius 3 is 2.42 bits per heavy atom. The number of anilines is 1. The van der Waals surface area contributed by atoms with Crippen molar-refractivity contribution in [2.75, 3.05) is 18.4 Å². The van der Waals surface area contributed by atoms with Gasteiger partial charge in [-0.05, 0) is 72.0 Å². The van der Waals surface area contributed by atoms with Gasteiger partial charge in [0.1, 0.15) is 5.82 Å². The van der Waals surface area contributed by atoms with Crippen molar-refractivity contribution in [3.8, 4) is 5.82 Å². The van der Waals surface area contributed by atoms with E-state index in [1.165, 1.54) is 0 Å². The number of sulfonamides is 1. The van der Waals surface area contributed by atoms with Crippen molar-refractivity contribution < 1.29 is 8.42 Å². The third-order valence-electron chi connectivity index (χ3n) is 3.45. The van der Waals surface area contributed by atoms with Gasteiger partial charge in [-0.3, -0.25) is 0 Å². The number of aromatic nitrogens is 4. The Morgan fingerprint density at radius 1 is 1.04 bits per heavy atom. The number of nitrogens with one attached hydrogen (secondary N) is 2. The zero-order chi connectivity index (χ0) is 18.6. The van der Waals surface area contributed by atoms with E-state index in [2.05, 4.69) is 47.9 Å². The molecular weight excluding hydrogens is 467 g/mol. The summed E-state index contributed by atoms with van der Waals surface area (Å²) >= 11 is 2.13. The van der Waals surface area contributed by atoms with E-state index in [9.17, 15) is 8.42 Å². The third-order valence-corrected chi connectivity index (χ3v) is 5.65. The fraction of sp³-hybridized carbons (Fsp3) is 0.188. The van der Waals surface area contributed by atoms with E-state index in [1.54, 1.807) is 41.1 Å². The van der Waals surface area contributed by atoms with Gasteiger partial charge in [0, 0.05) is 22.9 Å². The molecule has 0 fully saturated rings. The zero-order valence-corrected chi connectivity index (χ0v) is 16.9. The van der Waals surface area contributed by atoms with Gasteiger partial charge in [0.05, 0.1) is 10.6 Å². The van der Waals surface area contributed by atoms with Crippen LogP contribution in [0.5, 0.6) is 0 Å². The molecule has 0 aliphatic rings. The van der Waals surface area contributed by atoms with Crippen molar-refractivity contribution in [3.63, 3.8) is 0 Å². The predicted octanol–water partition coefficient (Wildman–Crippen LogP) is 1.97. The van der Waals surface area contributed by atoms with Gasteiger partial charge in [-0.25, -0.2) is 17.8 Å². The van der Waals surface area contributed by atoms with Gasteiger partial charge in [0.25, 0.3) is 0 Å². The van der Waals surface area contributed by atoms with E-state index in [4.69, 9.17) is 0 Å². The molecule has 0 bridgehead atoms. The summed E-state index contributed by atoms with van der Waals surface area (Å²) in [6.45, 7) is 2.52. The van der Waals surface area contributed by atoms with Gasteiger partial charge >= 0.3 is 0 Å². The monoisotopic (exact) mass is 484 g/mol. The summed E-state index contributed by atoms with van der Waals surface area (Å²) in [6, 6.07) is 12.1. The summed E-state index contributed by atoms with van der Waals surface area (Å²) < 4.78 is 29.5. The van der Waals surface area contributed by atoms with E-state index in [1.807, 2.05) is 19.2 Å². The van der Waals surface area contributed by atoms with Crippen LogP contribution in [-0.2, 0) is 10.0 Å². The molecule has 0 aliphatic heterocycles. The van der Waals surface area contributed by atoms with Crippen LogP contribution in [0.1, 0.15) is 5.69 Å². The molecule has 0 spiro atoms. The third kappa shape index (κ3) is 4.77. The highest BCUT2D eigenvalue weighted by Gasteiger charge is 2.12. The Morgan fingerprint density at radius 2 is 1.81 bits per heavy atom. The van der Waals surface area contributed by atoms with Crippen LogP contribution in [0.2, 0.25) is 0 Å². The molecule has 3 rings (SSSR count). The average molecular weight is 484 g/mol. The van der Waals surface area contributed by atoms with Crippen molar-refractivity contribution in [2.24, 2.45) is 0 Å². The molecule has 0 saturated carbocycles. The van der Waals surface area contributed by atoms with Gasteiger partial charge in [0.15, 0.2) is 5.82 Å². The van der Waals surface area contributed by atoms with Crippen LogP contribution in [-0.4, -0.2) is 41.5 Å². The SMILES string of the molecule is Cc1ccn(-c2ccc(NCCNS(=O)(=O)c3ccc(I)cc3)nn2)n1. The van der Waals surface area contributed by atoms with Crippen LogP contribution >= 0.6 is 22.6 Å². The number of rotatable bonds is 7. The highest BCUT2D eigenvalue weighted by Crippen LogP contribution is 2.11. The van der Waals surface area contributed by atoms with Gasteiger partial charge in [-0.2, -0.15) is 5.10 Å². The van der Waals surface area contributed by atoms with Gasteiger partial charge < -0.3 is 5.32 Å². The Balaban J connectivity index is 1.51. The number of aryl methyl sites for hydroxylation is 1. The van der Waals surface area contributed by atoms with Crippen LogP contribution in [0.3, 0.4) is 0 Å². The molecule has 0 atom stereocenters. The molecule has 2 N–H and O–H groups in total. The minimum Gasteiger partial charge on any atom is -0.367 e. The smallest absolute Gasteiger partial charge is 0.240 e. The molecule has 0 unspecified atom stereocenters. The average Bonchev–Trinajstić information content (AvgIpc) is 3.06. The summed E-state index contributed by atoms with van der Waals surface area (Å²) in [4.78, 5) is 0.247. The minimum absolute atomic E-state index is 0.232. The summed E-state index contributed by atoms with van der Waals surface area (Å²) in [7, 11) is -3.51. The van der Waals surface area contributed by atoms with Crippen LogP contribution in [0, 0.1) is 10.5 Å². The predicted molar refractivity (Wildman–Crippen MR) is 107 cm³/mol. The molecule has 2 heterocycles. The van der Waals surface area contributed by atoms with Crippen molar-refractivity contribution >= 4 is 38.4 Å². The number of halogens is 1. The van der Waals surface area contributed by atoms with Gasteiger partial charge in [-0.1, -0.05) is 0 Å². The lowest BCUT2D eigenvalue weighted by atomic mass is 10.4. The van der Waals surface area contributed by atoms with Gasteiger partial charge in [-0.15, -0.1) is 10.2 Å². The lowest BCUT2D eigenvalue weighted by Crippen LogP contribution is -2.29. The van der Waals surface area contributed by atoms with E-state index < -0.39 is 10.0 Å². The van der Waals surface area contributed by atoms with E-state index >= 15 is 0 Å². The van der Waals surface area contributed by atoms with E-state index in [-0.39, 0.29) is 11.4 Å². The van der Waals surface area contributed by atoms with Crippen LogP contribution in [0.4, 0.5) is 5.82 Å². The zero-order valence-electron chi connectivity index (χ0n) is 13.9. The Labute approximate surface area is 165 Å². The molecule has 136 valence electrons. The minimum atomic E-state index is -3.51. The molecule has 2 aromatic heterocycles. The van der Waals surface area contributed by atoms with Crippen LogP contribution in [0.25, 0.3) is 5.82 Å². The topological polar surface area (TPSA) is 102 Å². The molecule has 10 heteroatoms. The fourth-order valence-corrected chi connectivity index (χ4v) is 3.55. The van der Waals surface area contributed by atoms with E-state index in [0.29, 0.717) is 18.2 Å². The number of nitrogens with zero attached hydrogens (tertiary/aromatic N) is 4. The van der Waals surface area contributed by atoms with Crippen molar-refractivity contribution in [3.05, 3.63) is 57.9 Å². The maximum atomic E-state index is 12.2. The summed E-state index contributed by atoms with van der Waals surface area (Å²) in [6.07, 6.45) is 1.81. The molecule has 0 amide bonds. The number of hydrogen-bond donors (Lipinski definition) is 2. The molecule has 0 saturated heterocycles. The first-order valence-electron chi connectivity index (χ1n) is 7.79. The largest absolute Gasteiger partial charge is 0.367 e. The van der Waals surface area contributed by atoms with Crippen molar-refractivity contribution in [1.29, 1.82) is 0 Å². The summed E-state index contributed by atoms with van der Waals surface area (Å²) in [5.74, 6) is 1.18. The molecule has 0 aliphatic carbocycles. The van der Waals surface area contributed by atoms with Gasteiger partial charge in [0.2, 0.25) is 10.0 Å². The maximum absolute atomic E-state index is 12.2. The molecule has 0 radical (unpaired) electrons. The lowest BCUT2D eigenvalue weighted by molar-refractivity contribution is 0.583. The van der Waals surface area contributed by atoms with Crippen LogP contribution in [0.15, 0.2) is 53.6 Å². The number of hydrogen-bond acceptors (Lipinski definition) is 6. The first-order chi connectivity index (χ1) is 12.4. The highest BCUT2D eigenvalue weighted by molar-refractivity contribution is 14.1. The lowest BCUT2D eigenvalue weighted by Gasteiger charge is -2.08. The highest BCUT2D eigenvalue weighted by atomic mass is 127. The second-order valence-corrected chi connectivity index (χ2v) is 8.47. The maximum Gasteiger partial charge on any atom is 0.240 e. The second kappa shape index (κ2) is 8.10. The Kier molecular flexibility index (Phi) is 5.84. The molecular formula is C16H17IN6O2S. The van der Waals surface area contributed by atoms with E-state index in [0.717, 1.165) is 9.26 Å². The summed E-state index contributed by atoms with van der Waals surface area (Å²) in [5, 5.41) is 15.5. The molecule has 3 aromatic rings. The molecule has 1 aromatic carbocycles. The number of benzene rings is 1.